The molecule has 0 unspecified atom stereocenters. The highest BCUT2D eigenvalue weighted by molar-refractivity contribution is 6.30. The number of rotatable bonds is 6. The Morgan fingerprint density at radius 2 is 2.06 bits per heavy atom. The van der Waals surface area contributed by atoms with Gasteiger partial charge in [0, 0.05) is 43.8 Å². The van der Waals surface area contributed by atoms with Crippen LogP contribution in [0, 0.1) is 0 Å². The molecule has 0 saturated carbocycles. The number of fused-ring (bicyclic) bond motifs is 1. The van der Waals surface area contributed by atoms with Crippen molar-refractivity contribution in [1.82, 2.24) is 14.5 Å². The Morgan fingerprint density at radius 3 is 2.82 bits per heavy atom. The summed E-state index contributed by atoms with van der Waals surface area (Å²) in [5.74, 6) is 0.515. The summed E-state index contributed by atoms with van der Waals surface area (Å²) in [6, 6.07) is 13.4. The maximum absolute atomic E-state index is 12.8. The smallest absolute Gasteiger partial charge is 0.258 e. The number of aliphatic hydroxyl groups excluding tert-OH is 1. The standard InChI is InChI=1S/C26H26ClN3O3/c27-21-4-5-22(28-14-21)17-33-25-8-10-30(26(32)13-25)23-6-3-19-11-18(1-2-20(19)12-23)15-29-9-7-24(31)16-29/h1-2,4-5,8,10-14,24,31H,3,6-7,9,15-17H2/t24-/m0/s1. The van der Waals surface area contributed by atoms with E-state index in [1.165, 1.54) is 17.2 Å². The second kappa shape index (κ2) is 9.51. The number of halogens is 1. The summed E-state index contributed by atoms with van der Waals surface area (Å²) in [5, 5.41) is 10.3. The van der Waals surface area contributed by atoms with Crippen molar-refractivity contribution in [3.05, 3.63) is 92.6 Å². The summed E-state index contributed by atoms with van der Waals surface area (Å²) in [5.41, 5.74) is 5.34. The van der Waals surface area contributed by atoms with Crippen LogP contribution in [0.1, 0.15) is 35.2 Å². The molecule has 0 bridgehead atoms. The van der Waals surface area contributed by atoms with Crippen molar-refractivity contribution >= 4 is 23.4 Å². The maximum Gasteiger partial charge on any atom is 0.258 e. The predicted molar refractivity (Wildman–Crippen MR) is 129 cm³/mol. The molecule has 0 amide bonds. The lowest BCUT2D eigenvalue weighted by molar-refractivity contribution is 0.175. The van der Waals surface area contributed by atoms with Crippen LogP contribution < -0.4 is 10.3 Å². The highest BCUT2D eigenvalue weighted by Crippen LogP contribution is 2.28. The molecule has 6 nitrogen and oxygen atoms in total. The summed E-state index contributed by atoms with van der Waals surface area (Å²) in [6.07, 6.45) is 7.80. The molecule has 1 aliphatic carbocycles. The molecule has 3 heterocycles. The lowest BCUT2D eigenvalue weighted by Crippen LogP contribution is -2.22. The van der Waals surface area contributed by atoms with Crippen LogP contribution in [0.3, 0.4) is 0 Å². The zero-order chi connectivity index (χ0) is 22.8. The van der Waals surface area contributed by atoms with Crippen LogP contribution in [-0.2, 0) is 19.6 Å². The fraction of sp³-hybridized carbons (Fsp3) is 0.308. The summed E-state index contributed by atoms with van der Waals surface area (Å²) < 4.78 is 7.42. The van der Waals surface area contributed by atoms with Gasteiger partial charge < -0.3 is 9.84 Å². The number of hydrogen-bond acceptors (Lipinski definition) is 5. The van der Waals surface area contributed by atoms with Gasteiger partial charge in [0.15, 0.2) is 0 Å². The minimum absolute atomic E-state index is 0.115. The molecule has 0 spiro atoms. The Labute approximate surface area is 197 Å². The van der Waals surface area contributed by atoms with Gasteiger partial charge in [0.25, 0.3) is 5.56 Å². The largest absolute Gasteiger partial charge is 0.487 e. The van der Waals surface area contributed by atoms with E-state index in [0.717, 1.165) is 55.9 Å². The Morgan fingerprint density at radius 1 is 1.15 bits per heavy atom. The van der Waals surface area contributed by atoms with E-state index in [2.05, 4.69) is 34.2 Å². The third-order valence-corrected chi connectivity index (χ3v) is 6.43. The molecule has 33 heavy (non-hydrogen) atoms. The summed E-state index contributed by atoms with van der Waals surface area (Å²) >= 11 is 5.86. The zero-order valence-corrected chi connectivity index (χ0v) is 19.0. The number of β-amino-alcohol motifs (C(OH)–C–C–N with tert-alkyl or cyclic N) is 1. The van der Waals surface area contributed by atoms with Crippen LogP contribution in [0.25, 0.3) is 11.8 Å². The third-order valence-electron chi connectivity index (χ3n) is 6.21. The lowest BCUT2D eigenvalue weighted by atomic mass is 9.93. The molecule has 5 rings (SSSR count). The monoisotopic (exact) mass is 463 g/mol. The van der Waals surface area contributed by atoms with Crippen molar-refractivity contribution in [3.8, 4) is 5.75 Å². The number of pyridine rings is 2. The minimum atomic E-state index is -0.197. The quantitative estimate of drug-likeness (QED) is 0.598. The van der Waals surface area contributed by atoms with Gasteiger partial charge in [-0.25, -0.2) is 0 Å². The Bertz CT molecular complexity index is 1240. The van der Waals surface area contributed by atoms with E-state index >= 15 is 0 Å². The summed E-state index contributed by atoms with van der Waals surface area (Å²) in [6.45, 7) is 2.84. The molecule has 1 aromatic carbocycles. The van der Waals surface area contributed by atoms with Crippen molar-refractivity contribution in [2.45, 2.75) is 38.5 Å². The Hall–Kier alpha value is -2.93. The molecule has 1 N–H and O–H groups in total. The maximum atomic E-state index is 12.8. The van der Waals surface area contributed by atoms with E-state index in [4.69, 9.17) is 16.3 Å². The molecule has 7 heteroatoms. The van der Waals surface area contributed by atoms with E-state index in [0.29, 0.717) is 10.8 Å². The van der Waals surface area contributed by atoms with Crippen LogP contribution in [-0.4, -0.2) is 38.8 Å². The van der Waals surface area contributed by atoms with Gasteiger partial charge in [0.1, 0.15) is 12.4 Å². The van der Waals surface area contributed by atoms with Gasteiger partial charge in [0.2, 0.25) is 0 Å². The van der Waals surface area contributed by atoms with E-state index in [-0.39, 0.29) is 18.3 Å². The van der Waals surface area contributed by atoms with Crippen molar-refractivity contribution in [2.75, 3.05) is 13.1 Å². The van der Waals surface area contributed by atoms with Crippen molar-refractivity contribution < 1.29 is 9.84 Å². The van der Waals surface area contributed by atoms with Crippen molar-refractivity contribution in [3.63, 3.8) is 0 Å². The van der Waals surface area contributed by atoms with E-state index < -0.39 is 0 Å². The van der Waals surface area contributed by atoms with E-state index in [9.17, 15) is 9.90 Å². The highest BCUT2D eigenvalue weighted by Gasteiger charge is 2.20. The van der Waals surface area contributed by atoms with Gasteiger partial charge in [-0.2, -0.15) is 0 Å². The first kappa shape index (κ1) is 21.9. The average Bonchev–Trinajstić information content (AvgIpc) is 3.23. The fourth-order valence-electron chi connectivity index (χ4n) is 4.47. The van der Waals surface area contributed by atoms with Crippen molar-refractivity contribution in [1.29, 1.82) is 0 Å². The second-order valence-corrected chi connectivity index (χ2v) is 9.11. The molecular weight excluding hydrogens is 438 g/mol. The number of nitrogens with zero attached hydrogens (tertiary/aromatic N) is 3. The predicted octanol–water partition coefficient (Wildman–Crippen LogP) is 3.99. The first-order chi connectivity index (χ1) is 16.0. The number of benzene rings is 1. The molecule has 1 aliphatic heterocycles. The number of aliphatic hydroxyl groups is 1. The van der Waals surface area contributed by atoms with Gasteiger partial charge in [-0.05, 0) is 60.2 Å². The van der Waals surface area contributed by atoms with Crippen LogP contribution in [0.4, 0.5) is 0 Å². The Balaban J connectivity index is 1.27. The average molecular weight is 464 g/mol. The number of aromatic nitrogens is 2. The molecule has 2 aromatic heterocycles. The molecule has 1 saturated heterocycles. The number of hydrogen-bond donors (Lipinski definition) is 1. The van der Waals surface area contributed by atoms with E-state index in [1.807, 2.05) is 0 Å². The number of allylic oxidation sites excluding steroid dienone is 1. The summed E-state index contributed by atoms with van der Waals surface area (Å²) in [4.78, 5) is 19.3. The summed E-state index contributed by atoms with van der Waals surface area (Å²) in [7, 11) is 0. The molecular formula is C26H26ClN3O3. The van der Waals surface area contributed by atoms with Crippen LogP contribution in [0.15, 0.2) is 59.7 Å². The van der Waals surface area contributed by atoms with E-state index in [1.54, 1.807) is 35.2 Å². The third kappa shape index (κ3) is 5.19. The lowest BCUT2D eigenvalue weighted by Gasteiger charge is -2.21. The fourth-order valence-corrected chi connectivity index (χ4v) is 4.58. The number of aryl methyl sites for hydroxylation is 1. The molecule has 2 aliphatic rings. The normalized spacial score (nSPS) is 18.1. The molecule has 0 radical (unpaired) electrons. The van der Waals surface area contributed by atoms with Crippen molar-refractivity contribution in [2.24, 2.45) is 0 Å². The second-order valence-electron chi connectivity index (χ2n) is 8.67. The molecule has 3 aromatic rings. The van der Waals surface area contributed by atoms with Crippen LogP contribution in [0.5, 0.6) is 5.75 Å². The Kier molecular flexibility index (Phi) is 6.31. The molecule has 170 valence electrons. The van der Waals surface area contributed by atoms with Gasteiger partial charge in [0.05, 0.1) is 16.8 Å². The molecule has 1 fully saturated rings. The number of ether oxygens (including phenoxy) is 1. The minimum Gasteiger partial charge on any atom is -0.487 e. The molecule has 1 atom stereocenters. The topological polar surface area (TPSA) is 67.6 Å². The van der Waals surface area contributed by atoms with Gasteiger partial charge in [-0.1, -0.05) is 29.8 Å². The first-order valence-corrected chi connectivity index (χ1v) is 11.6. The SMILES string of the molecule is O=c1cc(OCc2ccc(Cl)cn2)ccn1C1=Cc2ccc(CN3CC[C@H](O)C3)cc2CC1. The van der Waals surface area contributed by atoms with Gasteiger partial charge >= 0.3 is 0 Å². The zero-order valence-electron chi connectivity index (χ0n) is 18.3. The van der Waals surface area contributed by atoms with Gasteiger partial charge in [-0.3, -0.25) is 19.2 Å². The van der Waals surface area contributed by atoms with Crippen LogP contribution >= 0.6 is 11.6 Å². The number of likely N-dealkylation sites (tertiary alicyclic amines) is 1. The van der Waals surface area contributed by atoms with Gasteiger partial charge in [-0.15, -0.1) is 0 Å². The van der Waals surface area contributed by atoms with Crippen LogP contribution in [0.2, 0.25) is 5.02 Å². The highest BCUT2D eigenvalue weighted by atomic mass is 35.5. The first-order valence-electron chi connectivity index (χ1n) is 11.2.